The van der Waals surface area contributed by atoms with Gasteiger partial charge in [-0.05, 0) is 39.2 Å². The first-order valence-corrected chi connectivity index (χ1v) is 7.55. The van der Waals surface area contributed by atoms with Crippen LogP contribution in [-0.4, -0.2) is 47.0 Å². The number of nitrogens with zero attached hydrogens (tertiary/aromatic N) is 2. The van der Waals surface area contributed by atoms with Crippen LogP contribution in [0.25, 0.3) is 0 Å². The second kappa shape index (κ2) is 5.75. The molecular formula is C13H23N3O3S. The molecule has 1 aromatic rings. The molecule has 2 heterocycles. The van der Waals surface area contributed by atoms with Gasteiger partial charge < -0.3 is 25.2 Å². The van der Waals surface area contributed by atoms with Gasteiger partial charge in [0.2, 0.25) is 0 Å². The third-order valence-electron chi connectivity index (χ3n) is 2.98. The molecule has 7 heteroatoms. The van der Waals surface area contributed by atoms with Crippen molar-refractivity contribution in [1.82, 2.24) is 4.37 Å². The van der Waals surface area contributed by atoms with Crippen molar-refractivity contribution in [2.45, 2.75) is 45.5 Å². The smallest absolute Gasteiger partial charge is 0.198 e. The highest BCUT2D eigenvalue weighted by Crippen LogP contribution is 2.41. The molecule has 0 saturated carbocycles. The van der Waals surface area contributed by atoms with Gasteiger partial charge in [0.25, 0.3) is 0 Å². The second-order valence-corrected chi connectivity index (χ2v) is 6.68. The maximum absolute atomic E-state index is 9.39. The molecule has 1 unspecified atom stereocenters. The van der Waals surface area contributed by atoms with Crippen molar-refractivity contribution in [1.29, 1.82) is 0 Å². The van der Waals surface area contributed by atoms with Crippen LogP contribution < -0.4 is 15.4 Å². The fourth-order valence-electron chi connectivity index (χ4n) is 2.38. The van der Waals surface area contributed by atoms with Gasteiger partial charge in [0.1, 0.15) is 0 Å². The molecule has 0 bridgehead atoms. The zero-order valence-corrected chi connectivity index (χ0v) is 13.2. The molecule has 114 valence electrons. The van der Waals surface area contributed by atoms with Gasteiger partial charge >= 0.3 is 0 Å². The van der Waals surface area contributed by atoms with Gasteiger partial charge in [-0.3, -0.25) is 0 Å². The number of morpholine rings is 1. The highest BCUT2D eigenvalue weighted by Gasteiger charge is 2.35. The van der Waals surface area contributed by atoms with Gasteiger partial charge in [0.15, 0.2) is 16.6 Å². The van der Waals surface area contributed by atoms with Crippen LogP contribution in [0, 0.1) is 0 Å². The third kappa shape index (κ3) is 3.34. The number of hydrogen-bond donors (Lipinski definition) is 2. The molecule has 1 aromatic heterocycles. The van der Waals surface area contributed by atoms with E-state index in [1.165, 1.54) is 11.5 Å². The molecule has 1 fully saturated rings. The maximum Gasteiger partial charge on any atom is 0.198 e. The molecule has 0 spiro atoms. The van der Waals surface area contributed by atoms with Gasteiger partial charge in [0.05, 0.1) is 24.4 Å². The molecule has 2 rings (SSSR count). The van der Waals surface area contributed by atoms with Gasteiger partial charge in [-0.25, -0.2) is 0 Å². The summed E-state index contributed by atoms with van der Waals surface area (Å²) in [5.41, 5.74) is 5.56. The largest absolute Gasteiger partial charge is 0.484 e. The number of ether oxygens (including phenoxy) is 2. The minimum absolute atomic E-state index is 0.00537. The van der Waals surface area contributed by atoms with Crippen molar-refractivity contribution >= 4 is 22.4 Å². The Kier molecular flexibility index (Phi) is 4.41. The summed E-state index contributed by atoms with van der Waals surface area (Å²) in [6, 6.07) is 0. The summed E-state index contributed by atoms with van der Waals surface area (Å²) in [6.07, 6.45) is -0.177. The van der Waals surface area contributed by atoms with E-state index in [9.17, 15) is 5.11 Å². The first-order valence-electron chi connectivity index (χ1n) is 6.78. The number of nitrogens with two attached hydrogens (primary N) is 1. The van der Waals surface area contributed by atoms with Crippen LogP contribution in [0.3, 0.4) is 0 Å². The summed E-state index contributed by atoms with van der Waals surface area (Å²) in [5, 5.41) is 10.3. The summed E-state index contributed by atoms with van der Waals surface area (Å²) in [7, 11) is 0. The zero-order chi connectivity index (χ0) is 14.9. The Morgan fingerprint density at radius 1 is 1.60 bits per heavy atom. The summed E-state index contributed by atoms with van der Waals surface area (Å²) in [4.78, 5) is 2.14. The Hall–Kier alpha value is -1.05. The van der Waals surface area contributed by atoms with E-state index in [0.29, 0.717) is 24.7 Å². The lowest BCUT2D eigenvalue weighted by atomic mass is 10.1. The van der Waals surface area contributed by atoms with Crippen LogP contribution in [0.4, 0.5) is 10.8 Å². The molecule has 6 nitrogen and oxygen atoms in total. The molecule has 20 heavy (non-hydrogen) atoms. The van der Waals surface area contributed by atoms with Gasteiger partial charge in [-0.2, -0.15) is 4.37 Å². The molecule has 0 radical (unpaired) electrons. The normalized spacial score (nSPS) is 22.3. The SMILES string of the molecule is CC(C)Oc1c(N)nsc1N1CC(CO)OC(C)(C)C1. The van der Waals surface area contributed by atoms with Crippen molar-refractivity contribution < 1.29 is 14.6 Å². The van der Waals surface area contributed by atoms with E-state index in [4.69, 9.17) is 15.2 Å². The topological polar surface area (TPSA) is 80.8 Å². The number of anilines is 2. The fourth-order valence-corrected chi connectivity index (χ4v) is 3.14. The standard InChI is InChI=1S/C13H23N3O3S/c1-8(2)18-10-11(14)15-20-12(10)16-5-9(6-17)19-13(3,4)7-16/h8-9,17H,5-7H2,1-4H3,(H2,14,15). The highest BCUT2D eigenvalue weighted by atomic mass is 32.1. The monoisotopic (exact) mass is 301 g/mol. The Morgan fingerprint density at radius 3 is 2.90 bits per heavy atom. The van der Waals surface area contributed by atoms with Crippen molar-refractivity contribution in [2.24, 2.45) is 0 Å². The van der Waals surface area contributed by atoms with Gasteiger partial charge in [0, 0.05) is 13.1 Å². The van der Waals surface area contributed by atoms with Crippen LogP contribution in [0.1, 0.15) is 27.7 Å². The maximum atomic E-state index is 9.39. The first-order chi connectivity index (χ1) is 9.32. The zero-order valence-electron chi connectivity index (χ0n) is 12.4. The van der Waals surface area contributed by atoms with E-state index >= 15 is 0 Å². The number of nitrogen functional groups attached to an aromatic ring is 1. The average molecular weight is 301 g/mol. The lowest BCUT2D eigenvalue weighted by molar-refractivity contribution is -0.100. The summed E-state index contributed by atoms with van der Waals surface area (Å²) < 4.78 is 15.8. The van der Waals surface area contributed by atoms with Crippen molar-refractivity contribution in [3.05, 3.63) is 0 Å². The lowest BCUT2D eigenvalue weighted by Crippen LogP contribution is -2.53. The molecule has 1 aliphatic heterocycles. The molecule has 0 aromatic carbocycles. The highest BCUT2D eigenvalue weighted by molar-refractivity contribution is 7.11. The van der Waals surface area contributed by atoms with Crippen LogP contribution in [0.2, 0.25) is 0 Å². The second-order valence-electron chi connectivity index (χ2n) is 5.93. The Balaban J connectivity index is 2.26. The third-order valence-corrected chi connectivity index (χ3v) is 3.89. The quantitative estimate of drug-likeness (QED) is 0.877. The van der Waals surface area contributed by atoms with Gasteiger partial charge in [-0.15, -0.1) is 0 Å². The Morgan fingerprint density at radius 2 is 2.30 bits per heavy atom. The summed E-state index contributed by atoms with van der Waals surface area (Å²) >= 11 is 1.33. The number of rotatable bonds is 4. The van der Waals surface area contributed by atoms with Crippen LogP contribution in [-0.2, 0) is 4.74 Å². The molecular weight excluding hydrogens is 278 g/mol. The van der Waals surface area contributed by atoms with E-state index in [1.807, 2.05) is 27.7 Å². The Bertz CT molecular complexity index is 462. The number of aliphatic hydroxyl groups is 1. The van der Waals surface area contributed by atoms with E-state index in [2.05, 4.69) is 9.27 Å². The predicted octanol–water partition coefficient (Wildman–Crippen LogP) is 1.49. The van der Waals surface area contributed by atoms with E-state index in [0.717, 1.165) is 5.00 Å². The van der Waals surface area contributed by atoms with Crippen LogP contribution in [0.15, 0.2) is 0 Å². The van der Waals surface area contributed by atoms with E-state index in [1.54, 1.807) is 0 Å². The molecule has 0 aliphatic carbocycles. The van der Waals surface area contributed by atoms with Gasteiger partial charge in [-0.1, -0.05) is 0 Å². The first kappa shape index (κ1) is 15.3. The number of aromatic nitrogens is 1. The average Bonchev–Trinajstić information content (AvgIpc) is 2.68. The summed E-state index contributed by atoms with van der Waals surface area (Å²) in [6.45, 7) is 9.25. The van der Waals surface area contributed by atoms with Crippen LogP contribution >= 0.6 is 11.5 Å². The minimum Gasteiger partial charge on any atom is -0.484 e. The molecule has 1 aliphatic rings. The van der Waals surface area contributed by atoms with E-state index < -0.39 is 0 Å². The lowest BCUT2D eigenvalue weighted by Gasteiger charge is -2.42. The predicted molar refractivity (Wildman–Crippen MR) is 80.5 cm³/mol. The molecule has 1 saturated heterocycles. The number of hydrogen-bond acceptors (Lipinski definition) is 7. The van der Waals surface area contributed by atoms with Crippen LogP contribution in [0.5, 0.6) is 5.75 Å². The van der Waals surface area contributed by atoms with Crippen molar-refractivity contribution in [2.75, 3.05) is 30.3 Å². The van der Waals surface area contributed by atoms with Crippen molar-refractivity contribution in [3.63, 3.8) is 0 Å². The van der Waals surface area contributed by atoms with Crippen molar-refractivity contribution in [3.8, 4) is 5.75 Å². The Labute approximate surface area is 123 Å². The molecule has 0 amide bonds. The number of aliphatic hydroxyl groups excluding tert-OH is 1. The molecule has 1 atom stereocenters. The molecule has 3 N–H and O–H groups in total. The summed E-state index contributed by atoms with van der Waals surface area (Å²) in [5.74, 6) is 1.06. The minimum atomic E-state index is -0.334. The fraction of sp³-hybridized carbons (Fsp3) is 0.769. The van der Waals surface area contributed by atoms with E-state index in [-0.39, 0.29) is 24.4 Å².